The van der Waals surface area contributed by atoms with Crippen LogP contribution in [0.4, 0.5) is 0 Å². The van der Waals surface area contributed by atoms with Gasteiger partial charge < -0.3 is 81.8 Å². The van der Waals surface area contributed by atoms with Crippen LogP contribution in [0.5, 0.6) is 23.0 Å². The Morgan fingerprint density at radius 2 is 0.850 bits per heavy atom. The first kappa shape index (κ1) is 112. The van der Waals surface area contributed by atoms with Crippen molar-refractivity contribution in [2.75, 3.05) is 30.1 Å². The number of aliphatic hydroxyl groups excluding tert-OH is 1. The van der Waals surface area contributed by atoms with Crippen molar-refractivity contribution < 1.29 is 216 Å². The molecule has 8 heterocycles. The van der Waals surface area contributed by atoms with Gasteiger partial charge in [0.2, 0.25) is 9.23 Å². The molecule has 0 bridgehead atoms. The summed E-state index contributed by atoms with van der Waals surface area (Å²) in [4.78, 5) is 43.4. The summed E-state index contributed by atoms with van der Waals surface area (Å²) in [6, 6.07) is 51.7. The third kappa shape index (κ3) is 35.8. The van der Waals surface area contributed by atoms with Crippen molar-refractivity contribution in [1.29, 1.82) is 0 Å². The first-order chi connectivity index (χ1) is 60.2. The summed E-state index contributed by atoms with van der Waals surface area (Å²) in [5, 5.41) is 57.8. The largest absolute Gasteiger partial charge is 1.00 e. The predicted molar refractivity (Wildman–Crippen MR) is 511 cm³/mol. The second-order valence-corrected chi connectivity index (χ2v) is 36.9. The van der Waals surface area contributed by atoms with Crippen molar-refractivity contribution in [3.05, 3.63) is 316 Å². The van der Waals surface area contributed by atoms with E-state index in [2.05, 4.69) is 110 Å². The van der Waals surface area contributed by atoms with E-state index in [-0.39, 0.29) is 134 Å². The number of carbonyl (C=O) groups excluding carboxylic acids is 4. The molecule has 24 nitrogen and oxygen atoms in total. The van der Waals surface area contributed by atoms with Gasteiger partial charge in [-0.05, 0) is 242 Å². The molecule has 656 valence electrons. The zero-order valence-corrected chi connectivity index (χ0v) is 88.2. The molecule has 0 aliphatic carbocycles. The van der Waals surface area contributed by atoms with Crippen molar-refractivity contribution in [1.82, 2.24) is 0 Å². The molecule has 127 heavy (non-hydrogen) atoms. The number of hydrogen-bond acceptors (Lipinski definition) is 26. The van der Waals surface area contributed by atoms with Gasteiger partial charge in [-0.15, -0.1) is 23.4 Å². The van der Waals surface area contributed by atoms with Gasteiger partial charge in [0, 0.05) is 117 Å². The zero-order valence-electron chi connectivity index (χ0n) is 68.7. The Bertz CT molecular complexity index is 6100. The fourth-order valence-corrected chi connectivity index (χ4v) is 16.7. The number of aromatic hydroxyl groups is 2. The van der Waals surface area contributed by atoms with Crippen LogP contribution in [-0.4, -0.2) is 101 Å². The molecule has 0 radical (unpaired) electrons. The third-order valence-electron chi connectivity index (χ3n) is 16.3. The van der Waals surface area contributed by atoms with E-state index < -0.39 is 37.9 Å². The van der Waals surface area contributed by atoms with Gasteiger partial charge in [-0.2, -0.15) is 11.8 Å². The maximum atomic E-state index is 12.1. The SMILES string of the molecule is CS/C(=C\c1cccc(-c2ccoc2)c1OCc1cc(Br)c2occc2c1)S(C)=O.CSCS(C)=O.ClCc1cc(Br)c2occc2c1.O=CO[O-].O=Cc1cccc(-c2ccoc2)c1O.O=Cc1cccc(-c2ccoc2)c1OCc1cc(Br)c2occc2c1.O=Cc1cccc(Br)c1O.O=S(Cl)Cl.OB(O)c1ccoc1.OCc1cc(Br)c2occc2c1.[H-].[K+].[K+]. The number of benzene rings is 8. The van der Waals surface area contributed by atoms with E-state index in [0.29, 0.717) is 64.0 Å². The number of rotatable bonds is 21. The molecule has 0 fully saturated rings. The van der Waals surface area contributed by atoms with E-state index in [0.717, 1.165) is 139 Å². The Labute approximate surface area is 887 Å². The Kier molecular flexibility index (Phi) is 52.9. The normalized spacial score (nSPS) is 10.8. The zero-order chi connectivity index (χ0) is 90.9. The molecule has 0 saturated carbocycles. The van der Waals surface area contributed by atoms with Crippen molar-refractivity contribution in [2.24, 2.45) is 0 Å². The van der Waals surface area contributed by atoms with Gasteiger partial charge in [0.05, 0.1) is 141 Å². The number of alkyl halides is 1. The summed E-state index contributed by atoms with van der Waals surface area (Å²) in [5.41, 5.74) is 14.5. The quantitative estimate of drug-likeness (QED) is 0.0111. The van der Waals surface area contributed by atoms with Gasteiger partial charge in [-0.3, -0.25) is 27.6 Å². The van der Waals surface area contributed by atoms with E-state index in [1.165, 1.54) is 42.9 Å². The van der Waals surface area contributed by atoms with Gasteiger partial charge in [-0.25, -0.2) is 4.21 Å². The number of para-hydroxylation sites is 4. The van der Waals surface area contributed by atoms with Gasteiger partial charge >= 0.3 is 110 Å². The van der Waals surface area contributed by atoms with Crippen molar-refractivity contribution in [2.45, 2.75) is 25.7 Å². The summed E-state index contributed by atoms with van der Waals surface area (Å²) in [5.74, 6) is 1.78. The van der Waals surface area contributed by atoms with Crippen molar-refractivity contribution >= 4 is 255 Å². The number of phenolic OH excluding ortho intramolecular Hbond substituents is 2. The van der Waals surface area contributed by atoms with Crippen molar-refractivity contribution in [3.8, 4) is 56.4 Å². The Morgan fingerprint density at radius 1 is 0.488 bits per heavy atom. The van der Waals surface area contributed by atoms with Gasteiger partial charge in [-0.1, -0.05) is 48.5 Å². The van der Waals surface area contributed by atoms with E-state index in [9.17, 15) is 27.9 Å². The Balaban J connectivity index is 0.000000316. The molecule has 8 aromatic heterocycles. The van der Waals surface area contributed by atoms with Crippen LogP contribution in [0, 0.1) is 0 Å². The van der Waals surface area contributed by atoms with Crippen LogP contribution < -0.4 is 123 Å². The average molecular weight is 2260 g/mol. The van der Waals surface area contributed by atoms with Gasteiger partial charge in [0.1, 0.15) is 58.5 Å². The molecule has 2 unspecified atom stereocenters. The second-order valence-electron chi connectivity index (χ2n) is 24.7. The second kappa shape index (κ2) is 60.3. The van der Waals surface area contributed by atoms with Gasteiger partial charge in [0.25, 0.3) is 6.47 Å². The average Bonchev–Trinajstić information content (AvgIpc) is 1.45. The van der Waals surface area contributed by atoms with Crippen LogP contribution >= 0.6 is 136 Å². The number of thioether (sulfide) groups is 2. The number of aldehydes is 3. The number of ether oxygens (including phenoxy) is 2. The van der Waals surface area contributed by atoms with Crippen molar-refractivity contribution in [3.63, 3.8) is 0 Å². The van der Waals surface area contributed by atoms with E-state index in [4.69, 9.17) is 86.5 Å². The molecule has 16 rings (SSSR count). The van der Waals surface area contributed by atoms with E-state index >= 15 is 0 Å². The number of furan rings is 8. The minimum absolute atomic E-state index is 0. The van der Waals surface area contributed by atoms with Crippen LogP contribution in [0.1, 0.15) is 60.3 Å². The number of aliphatic hydroxyl groups is 1. The fraction of sp³-hybridized carbons (Fsp3) is 0.103. The molecular weight excluding hydrogens is 2180 g/mol. The molecule has 0 amide bonds. The number of hydrogen-bond donors (Lipinski definition) is 5. The van der Waals surface area contributed by atoms with E-state index in [1.54, 1.807) is 123 Å². The first-order valence-corrected chi connectivity index (χ1v) is 48.7. The summed E-state index contributed by atoms with van der Waals surface area (Å²) in [6.45, 7) is 0.578. The Morgan fingerprint density at radius 3 is 1.19 bits per heavy atom. The number of carbonyl (C=O) groups is 4. The third-order valence-corrected chi connectivity index (χ3v) is 24.3. The summed E-state index contributed by atoms with van der Waals surface area (Å²) < 4.78 is 89.9. The molecule has 0 aliphatic heterocycles. The van der Waals surface area contributed by atoms with Crippen LogP contribution in [-0.2, 0) is 66.2 Å². The standard InChI is InChI=1S/C23H19BrO4S2.C20H13BrO4.C11H8O3.C9H6BrClO.C9H7BrO2.C7H5BrO2.C4H5BO3.C3H8OS2.CH2O3.Cl2OS.2K.H/c1-29-21(30(2)25)12-16-4-3-5-19(18-6-8-26-14-18)22(16)28-13-15-10-17-7-9-27-23(17)20(24)11-15;21-18-9-13(8-14-5-7-24-20(14)18)11-25-19-15(10-22)2-1-3-17(19)16-4-6-23-12-16;12-6-8-2-1-3-10(11(8)13)9-4-5-14-7-9;2*10-8-4-6(5-11)3-7-1-2-12-9(7)8;8-6-3-1-2-5(4-9)7(6)10;6-5(7)4-1-2-8-3-4;1-5-3-6(2)4;2-1-4-3;1-4(2)3;;;/h3-12,14H,13H2,1-2H3;1-10,12H,11H2;1-7,13H;1-4H,5H2;1-4,11H,5H2;1-4,10H;1-3,6-7H;3H2,1-2H3;1,3H;;;;/q;;;;;;;;;;2*+1;-1/p-1/b21-12+;;;;;;;;;;;;. The molecule has 0 aliphatic rings. The molecule has 8 aromatic carbocycles. The molecular formula is C87H73BBr5Cl3K2O24S5. The summed E-state index contributed by atoms with van der Waals surface area (Å²) in [7, 11) is 4.27. The molecule has 5 N–H and O–H groups in total. The predicted octanol–water partition coefficient (Wildman–Crippen LogP) is 17.2. The summed E-state index contributed by atoms with van der Waals surface area (Å²) >= 11 is 25.7. The number of halogens is 8. The topological polar surface area (TPSA) is 377 Å². The molecule has 16 aromatic rings. The fourth-order valence-electron chi connectivity index (χ4n) is 10.9. The number of phenols is 2. The smallest absolute Gasteiger partial charge is 1.00 e. The Hall–Kier alpha value is -5.94. The minimum atomic E-state index is -1.67. The molecule has 0 saturated heterocycles. The maximum absolute atomic E-state index is 12.1. The van der Waals surface area contributed by atoms with Gasteiger partial charge in [0.15, 0.2) is 18.9 Å². The van der Waals surface area contributed by atoms with E-state index in [1.807, 2.05) is 134 Å². The van der Waals surface area contributed by atoms with Crippen LogP contribution in [0.15, 0.2) is 307 Å². The van der Waals surface area contributed by atoms with Crippen LogP contribution in [0.2, 0.25) is 0 Å². The molecule has 2 atom stereocenters. The summed E-state index contributed by atoms with van der Waals surface area (Å²) in [6.07, 6.45) is 30.1. The maximum Gasteiger partial charge on any atom is 1.00 e. The minimum Gasteiger partial charge on any atom is -1.00 e. The molecule has 0 spiro atoms. The monoisotopic (exact) mass is 2250 g/mol. The number of fused-ring (bicyclic) bond motifs is 4. The van der Waals surface area contributed by atoms with Crippen LogP contribution in [0.3, 0.4) is 0 Å². The van der Waals surface area contributed by atoms with Crippen LogP contribution in [0.25, 0.3) is 83.3 Å². The molecule has 40 heteroatoms. The first-order valence-electron chi connectivity index (χ1n) is 35.5.